The minimum absolute atomic E-state index is 0.135. The second-order valence-corrected chi connectivity index (χ2v) is 2.38. The van der Waals surface area contributed by atoms with E-state index in [0.29, 0.717) is 13.0 Å². The molecule has 0 bridgehead atoms. The number of hydrogen-bond donors (Lipinski definition) is 2. The summed E-state index contributed by atoms with van der Waals surface area (Å²) in [7, 11) is 0. The predicted octanol–water partition coefficient (Wildman–Crippen LogP) is -0.532. The molecule has 0 saturated carbocycles. The summed E-state index contributed by atoms with van der Waals surface area (Å²) in [5, 5.41) is 17.5. The molecule has 2 N–H and O–H groups in total. The van der Waals surface area contributed by atoms with E-state index in [0.717, 1.165) is 0 Å². The van der Waals surface area contributed by atoms with Crippen molar-refractivity contribution in [3.63, 3.8) is 0 Å². The quantitative estimate of drug-likeness (QED) is 0.521. The van der Waals surface area contributed by atoms with Crippen LogP contribution in [-0.2, 0) is 9.53 Å². The molecule has 1 heterocycles. The molecule has 0 radical (unpaired) electrons. The van der Waals surface area contributed by atoms with E-state index >= 15 is 0 Å². The van der Waals surface area contributed by atoms with Crippen LogP contribution in [0.1, 0.15) is 6.42 Å². The average Bonchev–Trinajstić information content (AvgIpc) is 1.88. The van der Waals surface area contributed by atoms with Crippen LogP contribution in [0, 0.1) is 5.92 Å². The fraction of sp³-hybridized carbons (Fsp3) is 0.833. The van der Waals surface area contributed by atoms with Crippen molar-refractivity contribution in [3.8, 4) is 0 Å². The summed E-state index contributed by atoms with van der Waals surface area (Å²) >= 11 is 0. The first-order chi connectivity index (χ1) is 4.72. The molecule has 0 amide bonds. The molecule has 0 aromatic rings. The molecule has 0 aromatic carbocycles. The van der Waals surface area contributed by atoms with Crippen LogP contribution in [0.25, 0.3) is 0 Å². The standard InChI is InChI=1S/C6H10O4/c7-5-1-2-10-3-4(5)6(8)9/h4-5,7H,1-3H2,(H,8,9)/t4-,5+/m0/s1. The molecular weight excluding hydrogens is 136 g/mol. The zero-order valence-electron chi connectivity index (χ0n) is 5.49. The maximum atomic E-state index is 10.3. The molecule has 0 unspecified atom stereocenters. The van der Waals surface area contributed by atoms with Gasteiger partial charge in [0.25, 0.3) is 0 Å². The summed E-state index contributed by atoms with van der Waals surface area (Å²) < 4.78 is 4.87. The zero-order chi connectivity index (χ0) is 7.56. The Morgan fingerprint density at radius 3 is 2.70 bits per heavy atom. The monoisotopic (exact) mass is 146 g/mol. The zero-order valence-corrected chi connectivity index (χ0v) is 5.49. The average molecular weight is 146 g/mol. The summed E-state index contributed by atoms with van der Waals surface area (Å²) in [4.78, 5) is 10.3. The van der Waals surface area contributed by atoms with Gasteiger partial charge in [0.2, 0.25) is 0 Å². The topological polar surface area (TPSA) is 66.8 Å². The van der Waals surface area contributed by atoms with E-state index in [-0.39, 0.29) is 6.61 Å². The predicted molar refractivity (Wildman–Crippen MR) is 32.6 cm³/mol. The van der Waals surface area contributed by atoms with Gasteiger partial charge in [0, 0.05) is 6.61 Å². The Hall–Kier alpha value is -0.610. The van der Waals surface area contributed by atoms with Gasteiger partial charge in [0.05, 0.1) is 12.7 Å². The lowest BCUT2D eigenvalue weighted by Gasteiger charge is -2.23. The highest BCUT2D eigenvalue weighted by Crippen LogP contribution is 2.13. The van der Waals surface area contributed by atoms with Crippen molar-refractivity contribution >= 4 is 5.97 Å². The van der Waals surface area contributed by atoms with Crippen molar-refractivity contribution in [2.45, 2.75) is 12.5 Å². The van der Waals surface area contributed by atoms with Crippen molar-refractivity contribution < 1.29 is 19.7 Å². The van der Waals surface area contributed by atoms with Crippen molar-refractivity contribution in [1.29, 1.82) is 0 Å². The van der Waals surface area contributed by atoms with E-state index in [1.807, 2.05) is 0 Å². The minimum atomic E-state index is -0.979. The first kappa shape index (κ1) is 7.50. The lowest BCUT2D eigenvalue weighted by atomic mass is 9.99. The fourth-order valence-electron chi connectivity index (χ4n) is 0.963. The molecule has 0 aromatic heterocycles. The van der Waals surface area contributed by atoms with Crippen LogP contribution >= 0.6 is 0 Å². The molecule has 1 aliphatic rings. The van der Waals surface area contributed by atoms with E-state index in [1.165, 1.54) is 0 Å². The molecule has 58 valence electrons. The van der Waals surface area contributed by atoms with Crippen molar-refractivity contribution in [3.05, 3.63) is 0 Å². The number of hydrogen-bond acceptors (Lipinski definition) is 3. The van der Waals surface area contributed by atoms with E-state index in [9.17, 15) is 4.79 Å². The number of rotatable bonds is 1. The summed E-state index contributed by atoms with van der Waals surface area (Å²) in [6, 6.07) is 0. The maximum Gasteiger partial charge on any atom is 0.311 e. The van der Waals surface area contributed by atoms with Crippen LogP contribution in [0.2, 0.25) is 0 Å². The minimum Gasteiger partial charge on any atom is -0.481 e. The van der Waals surface area contributed by atoms with Gasteiger partial charge in [-0.1, -0.05) is 0 Å². The van der Waals surface area contributed by atoms with Gasteiger partial charge in [-0.2, -0.15) is 0 Å². The molecule has 1 saturated heterocycles. The largest absolute Gasteiger partial charge is 0.481 e. The molecule has 0 spiro atoms. The van der Waals surface area contributed by atoms with Gasteiger partial charge in [-0.25, -0.2) is 0 Å². The number of carboxylic acids is 1. The molecular formula is C6H10O4. The van der Waals surface area contributed by atoms with Gasteiger partial charge in [-0.15, -0.1) is 0 Å². The van der Waals surface area contributed by atoms with E-state index in [4.69, 9.17) is 14.9 Å². The number of aliphatic hydroxyl groups is 1. The number of carboxylic acid groups (broad SMARTS) is 1. The third kappa shape index (κ3) is 1.46. The second-order valence-electron chi connectivity index (χ2n) is 2.38. The Balaban J connectivity index is 2.47. The summed E-state index contributed by atoms with van der Waals surface area (Å²) in [6.45, 7) is 0.599. The van der Waals surface area contributed by atoms with Gasteiger partial charge in [-0.05, 0) is 6.42 Å². The van der Waals surface area contributed by atoms with Crippen molar-refractivity contribution in [2.24, 2.45) is 5.92 Å². The Morgan fingerprint density at radius 1 is 1.60 bits per heavy atom. The Kier molecular flexibility index (Phi) is 2.24. The molecule has 2 atom stereocenters. The molecule has 4 nitrogen and oxygen atoms in total. The summed E-state index contributed by atoms with van der Waals surface area (Å²) in [5.41, 5.74) is 0. The molecule has 1 rings (SSSR count). The van der Waals surface area contributed by atoms with Gasteiger partial charge >= 0.3 is 5.97 Å². The van der Waals surface area contributed by atoms with Gasteiger partial charge in [-0.3, -0.25) is 4.79 Å². The second kappa shape index (κ2) is 2.98. The number of ether oxygens (including phenoxy) is 1. The Labute approximate surface area is 58.4 Å². The van der Waals surface area contributed by atoms with Crippen molar-refractivity contribution in [2.75, 3.05) is 13.2 Å². The smallest absolute Gasteiger partial charge is 0.311 e. The third-order valence-corrected chi connectivity index (χ3v) is 1.64. The van der Waals surface area contributed by atoms with Gasteiger partial charge in [0.15, 0.2) is 0 Å². The Morgan fingerprint density at radius 2 is 2.30 bits per heavy atom. The lowest BCUT2D eigenvalue weighted by Crippen LogP contribution is -2.37. The van der Waals surface area contributed by atoms with Crippen LogP contribution < -0.4 is 0 Å². The first-order valence-electron chi connectivity index (χ1n) is 3.20. The highest BCUT2D eigenvalue weighted by atomic mass is 16.5. The third-order valence-electron chi connectivity index (χ3n) is 1.64. The molecule has 10 heavy (non-hydrogen) atoms. The molecule has 1 fully saturated rings. The van der Waals surface area contributed by atoms with Crippen LogP contribution in [0.5, 0.6) is 0 Å². The molecule has 0 aliphatic carbocycles. The highest BCUT2D eigenvalue weighted by molar-refractivity contribution is 5.70. The normalized spacial score (nSPS) is 33.7. The SMILES string of the molecule is O=C(O)[C@H]1COCC[C@H]1O. The first-order valence-corrected chi connectivity index (χ1v) is 3.20. The summed E-state index contributed by atoms with van der Waals surface area (Å²) in [5.74, 6) is -1.71. The van der Waals surface area contributed by atoms with Crippen LogP contribution in [-0.4, -0.2) is 35.5 Å². The lowest BCUT2D eigenvalue weighted by molar-refractivity contribution is -0.153. The number of carbonyl (C=O) groups is 1. The van der Waals surface area contributed by atoms with E-state index in [2.05, 4.69) is 0 Å². The number of aliphatic hydroxyl groups excluding tert-OH is 1. The van der Waals surface area contributed by atoms with Crippen LogP contribution in [0.4, 0.5) is 0 Å². The Bertz CT molecular complexity index is 134. The summed E-state index contributed by atoms with van der Waals surface area (Å²) in [6.07, 6.45) is -0.303. The van der Waals surface area contributed by atoms with E-state index < -0.39 is 18.0 Å². The van der Waals surface area contributed by atoms with Crippen molar-refractivity contribution in [1.82, 2.24) is 0 Å². The van der Waals surface area contributed by atoms with Crippen LogP contribution in [0.3, 0.4) is 0 Å². The fourth-order valence-corrected chi connectivity index (χ4v) is 0.963. The number of aliphatic carboxylic acids is 1. The highest BCUT2D eigenvalue weighted by Gasteiger charge is 2.29. The maximum absolute atomic E-state index is 10.3. The van der Waals surface area contributed by atoms with Gasteiger partial charge < -0.3 is 14.9 Å². The van der Waals surface area contributed by atoms with Gasteiger partial charge in [0.1, 0.15) is 5.92 Å². The molecule has 4 heteroatoms. The van der Waals surface area contributed by atoms with Crippen LogP contribution in [0.15, 0.2) is 0 Å². The van der Waals surface area contributed by atoms with E-state index in [1.54, 1.807) is 0 Å². The molecule has 1 aliphatic heterocycles.